The molecule has 2 heterocycles. The lowest BCUT2D eigenvalue weighted by Crippen LogP contribution is -2.36. The lowest BCUT2D eigenvalue weighted by Gasteiger charge is -2.13. The van der Waals surface area contributed by atoms with Gasteiger partial charge in [0, 0.05) is 11.8 Å². The monoisotopic (exact) mass is 468 g/mol. The highest BCUT2D eigenvalue weighted by atomic mass is 127. The predicted octanol–water partition coefficient (Wildman–Crippen LogP) is 3.87. The molecule has 0 aliphatic carbocycles. The van der Waals surface area contributed by atoms with Crippen LogP contribution in [-0.4, -0.2) is 28.5 Å². The first-order valence-corrected chi connectivity index (χ1v) is 9.20. The van der Waals surface area contributed by atoms with E-state index in [2.05, 4.69) is 5.32 Å². The number of nitrogens with zero attached hydrogens (tertiary/aromatic N) is 1. The van der Waals surface area contributed by atoms with Crippen molar-refractivity contribution in [3.8, 4) is 0 Å². The molecule has 8 heteroatoms. The topological polar surface area (TPSA) is 79.6 Å². The maximum atomic E-state index is 12.4. The van der Waals surface area contributed by atoms with Gasteiger partial charge in [0.2, 0.25) is 5.91 Å². The van der Waals surface area contributed by atoms with Gasteiger partial charge < -0.3 is 9.73 Å². The molecule has 1 saturated heterocycles. The molecule has 3 amide bonds. The van der Waals surface area contributed by atoms with Gasteiger partial charge in [0.1, 0.15) is 12.3 Å². The number of carbonyl (C=O) groups is 3. The number of amides is 3. The number of imide groups is 1. The molecular formula is C17H13IN2O4S. The second-order valence-corrected chi connectivity index (χ2v) is 7.33. The number of thioether (sulfide) groups is 1. The molecule has 2 aromatic rings. The van der Waals surface area contributed by atoms with E-state index in [1.165, 1.54) is 6.08 Å². The summed E-state index contributed by atoms with van der Waals surface area (Å²) in [6.45, 7) is 1.54. The second-order valence-electron chi connectivity index (χ2n) is 5.27. The van der Waals surface area contributed by atoms with Crippen LogP contribution in [-0.2, 0) is 9.59 Å². The third-order valence-corrected chi connectivity index (χ3v) is 4.95. The second kappa shape index (κ2) is 7.44. The number of aryl methyl sites for hydroxylation is 1. The Balaban J connectivity index is 1.69. The van der Waals surface area contributed by atoms with E-state index in [0.717, 1.165) is 22.2 Å². The van der Waals surface area contributed by atoms with E-state index < -0.39 is 17.1 Å². The summed E-state index contributed by atoms with van der Waals surface area (Å²) >= 11 is 2.81. The van der Waals surface area contributed by atoms with Crippen molar-refractivity contribution in [1.82, 2.24) is 4.90 Å². The molecule has 1 aliphatic heterocycles. The number of halogens is 1. The fourth-order valence-corrected chi connectivity index (χ4v) is 3.47. The van der Waals surface area contributed by atoms with E-state index in [4.69, 9.17) is 4.42 Å². The van der Waals surface area contributed by atoms with Crippen molar-refractivity contribution in [2.45, 2.75) is 6.92 Å². The normalized spacial score (nSPS) is 15.9. The van der Waals surface area contributed by atoms with Gasteiger partial charge >= 0.3 is 0 Å². The summed E-state index contributed by atoms with van der Waals surface area (Å²) in [4.78, 5) is 37.8. The van der Waals surface area contributed by atoms with Crippen LogP contribution in [0.2, 0.25) is 0 Å². The number of hydrogen-bond donors (Lipinski definition) is 1. The minimum Gasteiger partial charge on any atom is -0.451 e. The Kier molecular flexibility index (Phi) is 5.28. The van der Waals surface area contributed by atoms with Crippen LogP contribution in [0, 0.1) is 10.7 Å². The van der Waals surface area contributed by atoms with Crippen molar-refractivity contribution in [3.63, 3.8) is 0 Å². The summed E-state index contributed by atoms with van der Waals surface area (Å²) in [6.07, 6.45) is 1.51. The van der Waals surface area contributed by atoms with Gasteiger partial charge in [0.25, 0.3) is 11.1 Å². The number of benzene rings is 1. The standard InChI is InChI=1S/C17H13IN2O4S/c1-10-4-2-3-5-12(10)19-15(21)9-20-16(22)13(25-17(20)23)8-11-6-7-14(18)24-11/h2-8H,9H2,1H3,(H,19,21)/b13-8-. The van der Waals surface area contributed by atoms with E-state index in [1.54, 1.807) is 24.3 Å². The van der Waals surface area contributed by atoms with Gasteiger partial charge in [-0.3, -0.25) is 19.3 Å². The lowest BCUT2D eigenvalue weighted by molar-refractivity contribution is -0.127. The first-order valence-electron chi connectivity index (χ1n) is 7.30. The zero-order valence-electron chi connectivity index (χ0n) is 13.1. The van der Waals surface area contributed by atoms with Gasteiger partial charge in [-0.15, -0.1) is 0 Å². The van der Waals surface area contributed by atoms with Gasteiger partial charge in [0.05, 0.1) is 4.91 Å². The molecule has 128 valence electrons. The van der Waals surface area contributed by atoms with E-state index >= 15 is 0 Å². The van der Waals surface area contributed by atoms with E-state index in [9.17, 15) is 14.4 Å². The molecule has 1 fully saturated rings. The first-order chi connectivity index (χ1) is 11.9. The first kappa shape index (κ1) is 17.7. The molecule has 0 radical (unpaired) electrons. The third-order valence-electron chi connectivity index (χ3n) is 3.46. The summed E-state index contributed by atoms with van der Waals surface area (Å²) in [6, 6.07) is 10.8. The summed E-state index contributed by atoms with van der Waals surface area (Å²) < 4.78 is 6.05. The Bertz CT molecular complexity index is 890. The SMILES string of the molecule is Cc1ccccc1NC(=O)CN1C(=O)S/C(=C\c2ccc(I)o2)C1=O. The molecule has 0 bridgehead atoms. The molecule has 6 nitrogen and oxygen atoms in total. The molecule has 1 N–H and O–H groups in total. The minimum absolute atomic E-state index is 0.236. The van der Waals surface area contributed by atoms with Crippen LogP contribution in [0.15, 0.2) is 45.7 Å². The molecular weight excluding hydrogens is 455 g/mol. The van der Waals surface area contributed by atoms with Crippen LogP contribution >= 0.6 is 34.4 Å². The number of anilines is 1. The van der Waals surface area contributed by atoms with Crippen molar-refractivity contribution in [1.29, 1.82) is 0 Å². The average molecular weight is 468 g/mol. The molecule has 1 aromatic carbocycles. The number of hydrogen-bond acceptors (Lipinski definition) is 5. The third kappa shape index (κ3) is 4.13. The van der Waals surface area contributed by atoms with Crippen LogP contribution in [0.5, 0.6) is 0 Å². The highest BCUT2D eigenvalue weighted by molar-refractivity contribution is 14.1. The minimum atomic E-state index is -0.499. The van der Waals surface area contributed by atoms with Crippen molar-refractivity contribution in [2.24, 2.45) is 0 Å². The Labute approximate surface area is 161 Å². The predicted molar refractivity (Wildman–Crippen MR) is 104 cm³/mol. The van der Waals surface area contributed by atoms with Gasteiger partial charge in [-0.2, -0.15) is 0 Å². The van der Waals surface area contributed by atoms with Crippen LogP contribution in [0.3, 0.4) is 0 Å². The van der Waals surface area contributed by atoms with Crippen molar-refractivity contribution in [3.05, 3.63) is 56.4 Å². The average Bonchev–Trinajstić information content (AvgIpc) is 3.08. The van der Waals surface area contributed by atoms with Gasteiger partial charge in [-0.25, -0.2) is 0 Å². The number of rotatable bonds is 4. The molecule has 0 saturated carbocycles. The number of furan rings is 1. The highest BCUT2D eigenvalue weighted by Crippen LogP contribution is 2.32. The van der Waals surface area contributed by atoms with Gasteiger partial charge in [-0.1, -0.05) is 18.2 Å². The van der Waals surface area contributed by atoms with Gasteiger partial charge in [0.15, 0.2) is 3.77 Å². The largest absolute Gasteiger partial charge is 0.451 e. The number of nitrogens with one attached hydrogen (secondary N) is 1. The maximum Gasteiger partial charge on any atom is 0.294 e. The van der Waals surface area contributed by atoms with Crippen molar-refractivity contribution >= 4 is 63.2 Å². The summed E-state index contributed by atoms with van der Waals surface area (Å²) in [5.74, 6) is -0.439. The Morgan fingerprint density at radius 3 is 2.72 bits per heavy atom. The zero-order chi connectivity index (χ0) is 18.0. The van der Waals surface area contributed by atoms with E-state index in [-0.39, 0.29) is 11.4 Å². The Morgan fingerprint density at radius 2 is 2.04 bits per heavy atom. The van der Waals surface area contributed by atoms with Gasteiger partial charge in [-0.05, 0) is 65.0 Å². The van der Waals surface area contributed by atoms with Crippen LogP contribution in [0.1, 0.15) is 11.3 Å². The number of para-hydroxylation sites is 1. The smallest absolute Gasteiger partial charge is 0.294 e. The molecule has 1 aliphatic rings. The van der Waals surface area contributed by atoms with E-state index in [1.807, 2.05) is 41.6 Å². The summed E-state index contributed by atoms with van der Waals surface area (Å²) in [5.41, 5.74) is 1.55. The fourth-order valence-electron chi connectivity index (χ4n) is 2.22. The summed E-state index contributed by atoms with van der Waals surface area (Å²) in [5, 5.41) is 2.24. The van der Waals surface area contributed by atoms with E-state index in [0.29, 0.717) is 15.2 Å². The van der Waals surface area contributed by atoms with Crippen molar-refractivity contribution < 1.29 is 18.8 Å². The van der Waals surface area contributed by atoms with Crippen LogP contribution in [0.4, 0.5) is 10.5 Å². The van der Waals surface area contributed by atoms with Crippen LogP contribution < -0.4 is 5.32 Å². The fraction of sp³-hybridized carbons (Fsp3) is 0.118. The molecule has 0 atom stereocenters. The molecule has 1 aromatic heterocycles. The van der Waals surface area contributed by atoms with Crippen molar-refractivity contribution in [2.75, 3.05) is 11.9 Å². The lowest BCUT2D eigenvalue weighted by atomic mass is 10.2. The maximum absolute atomic E-state index is 12.4. The zero-order valence-corrected chi connectivity index (χ0v) is 16.1. The molecule has 0 unspecified atom stereocenters. The molecule has 3 rings (SSSR count). The summed E-state index contributed by atoms with van der Waals surface area (Å²) in [7, 11) is 0. The Hall–Kier alpha value is -2.07. The molecule has 0 spiro atoms. The van der Waals surface area contributed by atoms with Crippen LogP contribution in [0.25, 0.3) is 6.08 Å². The molecule has 25 heavy (non-hydrogen) atoms. The highest BCUT2D eigenvalue weighted by Gasteiger charge is 2.36. The Morgan fingerprint density at radius 1 is 1.28 bits per heavy atom. The quantitative estimate of drug-likeness (QED) is 0.545. The number of carbonyl (C=O) groups excluding carboxylic acids is 3.